The van der Waals surface area contributed by atoms with E-state index >= 15 is 4.39 Å². The van der Waals surface area contributed by atoms with E-state index in [-0.39, 0.29) is 13.2 Å². The van der Waals surface area contributed by atoms with Gasteiger partial charge in [0.25, 0.3) is 5.91 Å². The van der Waals surface area contributed by atoms with Gasteiger partial charge in [0.2, 0.25) is 6.23 Å². The highest BCUT2D eigenvalue weighted by Gasteiger charge is 2.54. The molecule has 0 saturated carbocycles. The molecule has 1 fully saturated rings. The number of halogens is 4. The van der Waals surface area contributed by atoms with Gasteiger partial charge in [-0.2, -0.15) is 13.2 Å². The lowest BCUT2D eigenvalue weighted by Crippen LogP contribution is -2.51. The molecule has 3 aromatic carbocycles. The topological polar surface area (TPSA) is 32.8 Å². The molecule has 3 atom stereocenters. The molecular weight excluding hydrogens is 460 g/mol. The Balaban J connectivity index is 1.56. The number of amides is 1. The third kappa shape index (κ3) is 6.26. The smallest absolute Gasteiger partial charge is 0.347 e. The average Bonchev–Trinajstić information content (AvgIpc) is 3.31. The maximum atomic E-state index is 15.5. The second-order valence-corrected chi connectivity index (χ2v) is 8.51. The fraction of sp³-hybridized carbons (Fsp3) is 0.296. The Morgan fingerprint density at radius 1 is 0.886 bits per heavy atom. The zero-order chi connectivity index (χ0) is 24.8. The van der Waals surface area contributed by atoms with Crippen molar-refractivity contribution in [2.24, 2.45) is 0 Å². The lowest BCUT2D eigenvalue weighted by atomic mass is 10.1. The molecule has 0 aliphatic carbocycles. The Kier molecular flexibility index (Phi) is 7.83. The van der Waals surface area contributed by atoms with Gasteiger partial charge in [0, 0.05) is 19.6 Å². The van der Waals surface area contributed by atoms with Crippen LogP contribution in [0, 0.1) is 0 Å². The molecule has 0 radical (unpaired) electrons. The highest BCUT2D eigenvalue weighted by atomic mass is 19.4. The maximum Gasteiger partial charge on any atom is 0.433 e. The van der Waals surface area contributed by atoms with E-state index in [1.807, 2.05) is 60.7 Å². The third-order valence-corrected chi connectivity index (χ3v) is 5.90. The summed E-state index contributed by atoms with van der Waals surface area (Å²) < 4.78 is 61.6. The molecule has 3 unspecified atom stereocenters. The van der Waals surface area contributed by atoms with Gasteiger partial charge in [-0.3, -0.25) is 14.6 Å². The first-order valence-electron chi connectivity index (χ1n) is 11.3. The van der Waals surface area contributed by atoms with Crippen molar-refractivity contribution in [1.82, 2.24) is 9.80 Å². The second kappa shape index (κ2) is 11.0. The summed E-state index contributed by atoms with van der Waals surface area (Å²) in [5, 5.41) is 0. The molecule has 0 N–H and O–H groups in total. The van der Waals surface area contributed by atoms with E-state index in [0.29, 0.717) is 23.6 Å². The van der Waals surface area contributed by atoms with Crippen molar-refractivity contribution in [2.45, 2.75) is 37.7 Å². The van der Waals surface area contributed by atoms with Crippen LogP contribution in [0.2, 0.25) is 0 Å². The summed E-state index contributed by atoms with van der Waals surface area (Å²) in [5.74, 6) is -1.23. The molecule has 184 valence electrons. The molecular formula is C27H26F4N2O2. The molecule has 0 aromatic heterocycles. The normalized spacial score (nSPS) is 19.2. The van der Waals surface area contributed by atoms with Crippen LogP contribution in [0.3, 0.4) is 0 Å². The van der Waals surface area contributed by atoms with Gasteiger partial charge in [0.05, 0.1) is 12.6 Å². The van der Waals surface area contributed by atoms with Crippen LogP contribution < -0.4 is 0 Å². The predicted molar refractivity (Wildman–Crippen MR) is 124 cm³/mol. The minimum Gasteiger partial charge on any atom is -0.347 e. The first kappa shape index (κ1) is 24.9. The van der Waals surface area contributed by atoms with Crippen LogP contribution in [-0.4, -0.2) is 47.4 Å². The van der Waals surface area contributed by atoms with E-state index in [1.54, 1.807) is 35.2 Å². The minimum atomic E-state index is -4.84. The molecule has 3 aromatic rings. The zero-order valence-electron chi connectivity index (χ0n) is 18.9. The van der Waals surface area contributed by atoms with Crippen molar-refractivity contribution < 1.29 is 27.1 Å². The number of rotatable bonds is 8. The number of carbonyl (C=O) groups is 1. The monoisotopic (exact) mass is 486 g/mol. The maximum absolute atomic E-state index is 15.5. The summed E-state index contributed by atoms with van der Waals surface area (Å²) in [5.41, 5.74) is 2.27. The zero-order valence-corrected chi connectivity index (χ0v) is 18.9. The first-order chi connectivity index (χ1) is 16.8. The van der Waals surface area contributed by atoms with Crippen LogP contribution in [0.15, 0.2) is 91.0 Å². The van der Waals surface area contributed by atoms with Gasteiger partial charge in [-0.15, -0.1) is 0 Å². The van der Waals surface area contributed by atoms with Crippen LogP contribution in [-0.2, 0) is 22.6 Å². The summed E-state index contributed by atoms with van der Waals surface area (Å²) in [6.07, 6.45) is -9.50. The van der Waals surface area contributed by atoms with E-state index < -0.39 is 30.5 Å². The van der Waals surface area contributed by atoms with Crippen LogP contribution in [0.25, 0.3) is 0 Å². The molecule has 0 spiro atoms. The molecule has 35 heavy (non-hydrogen) atoms. The van der Waals surface area contributed by atoms with Gasteiger partial charge >= 0.3 is 6.18 Å². The van der Waals surface area contributed by atoms with E-state index in [1.165, 1.54) is 0 Å². The Morgan fingerprint density at radius 2 is 1.37 bits per heavy atom. The van der Waals surface area contributed by atoms with Crippen LogP contribution in [0.5, 0.6) is 0 Å². The number of carbonyl (C=O) groups excluding carboxylic acids is 1. The van der Waals surface area contributed by atoms with E-state index in [2.05, 4.69) is 0 Å². The highest BCUT2D eigenvalue weighted by Crippen LogP contribution is 2.39. The van der Waals surface area contributed by atoms with Crippen molar-refractivity contribution in [1.29, 1.82) is 0 Å². The fourth-order valence-corrected chi connectivity index (χ4v) is 4.29. The molecule has 1 saturated heterocycles. The summed E-state index contributed by atoms with van der Waals surface area (Å²) in [6.45, 7) is -0.0366. The molecule has 0 bridgehead atoms. The molecule has 1 amide bonds. The predicted octanol–water partition coefficient (Wildman–Crippen LogP) is 5.52. The fourth-order valence-electron chi connectivity index (χ4n) is 4.29. The average molecular weight is 487 g/mol. The van der Waals surface area contributed by atoms with E-state index in [0.717, 1.165) is 11.1 Å². The van der Waals surface area contributed by atoms with Gasteiger partial charge < -0.3 is 4.74 Å². The minimum absolute atomic E-state index is 0.338. The first-order valence-corrected chi connectivity index (χ1v) is 11.3. The Hall–Kier alpha value is -3.23. The van der Waals surface area contributed by atoms with Gasteiger partial charge in [-0.25, -0.2) is 4.39 Å². The standard InChI is InChI=1S/C27H26F4N2O2/c28-23(18-32(16-20-10-4-1-5-11-20)17-21-12-6-2-7-13-21)25(34)33-24(22-14-8-3-9-15-22)19-35-26(33)27(29,30)31/h1-15,23-24,26H,16-19H2. The van der Waals surface area contributed by atoms with Crippen molar-refractivity contribution >= 4 is 5.91 Å². The van der Waals surface area contributed by atoms with Crippen LogP contribution >= 0.6 is 0 Å². The third-order valence-electron chi connectivity index (χ3n) is 5.90. The van der Waals surface area contributed by atoms with Crippen LogP contribution in [0.1, 0.15) is 22.7 Å². The van der Waals surface area contributed by atoms with Gasteiger partial charge in [0.1, 0.15) is 0 Å². The molecule has 4 rings (SSSR count). The quantitative estimate of drug-likeness (QED) is 0.394. The number of benzene rings is 3. The number of hydrogen-bond acceptors (Lipinski definition) is 3. The van der Waals surface area contributed by atoms with Gasteiger partial charge in [0.15, 0.2) is 6.17 Å². The second-order valence-electron chi connectivity index (χ2n) is 8.51. The Labute approximate surface area is 201 Å². The van der Waals surface area contributed by atoms with E-state index in [9.17, 15) is 18.0 Å². The lowest BCUT2D eigenvalue weighted by molar-refractivity contribution is -0.241. The molecule has 1 aliphatic rings. The van der Waals surface area contributed by atoms with Crippen molar-refractivity contribution in [3.8, 4) is 0 Å². The van der Waals surface area contributed by atoms with Crippen molar-refractivity contribution in [3.63, 3.8) is 0 Å². The summed E-state index contributed by atoms with van der Waals surface area (Å²) in [6, 6.07) is 25.9. The summed E-state index contributed by atoms with van der Waals surface area (Å²) in [4.78, 5) is 15.4. The number of alkyl halides is 4. The number of ether oxygens (including phenoxy) is 1. The Morgan fingerprint density at radius 3 is 1.86 bits per heavy atom. The van der Waals surface area contributed by atoms with Gasteiger partial charge in [-0.05, 0) is 16.7 Å². The number of hydrogen-bond donors (Lipinski definition) is 0. The summed E-state index contributed by atoms with van der Waals surface area (Å²) >= 11 is 0. The Bertz CT molecular complexity index is 1040. The van der Waals surface area contributed by atoms with E-state index in [4.69, 9.17) is 4.74 Å². The molecule has 1 heterocycles. The van der Waals surface area contributed by atoms with Crippen LogP contribution in [0.4, 0.5) is 17.6 Å². The largest absolute Gasteiger partial charge is 0.433 e. The summed E-state index contributed by atoms with van der Waals surface area (Å²) in [7, 11) is 0. The molecule has 4 nitrogen and oxygen atoms in total. The SMILES string of the molecule is O=C(C(F)CN(Cc1ccccc1)Cc1ccccc1)N1C(c2ccccc2)COC1C(F)(F)F. The van der Waals surface area contributed by atoms with Crippen molar-refractivity contribution in [3.05, 3.63) is 108 Å². The van der Waals surface area contributed by atoms with Crippen molar-refractivity contribution in [2.75, 3.05) is 13.2 Å². The lowest BCUT2D eigenvalue weighted by Gasteiger charge is -2.32. The molecule has 1 aliphatic heterocycles. The van der Waals surface area contributed by atoms with Gasteiger partial charge in [-0.1, -0.05) is 91.0 Å². The molecule has 8 heteroatoms. The highest BCUT2D eigenvalue weighted by molar-refractivity contribution is 5.82. The number of nitrogens with zero attached hydrogens (tertiary/aromatic N) is 2.